The van der Waals surface area contributed by atoms with Crippen molar-refractivity contribution in [3.8, 4) is 0 Å². The van der Waals surface area contributed by atoms with E-state index >= 15 is 0 Å². The SMILES string of the molecule is CC[C@@H](C/C=C/C(C)(CC)CC)C1=CC[C@H]2[C@@H](O)CCC[C@]12C. The molecule has 0 saturated heterocycles. The van der Waals surface area contributed by atoms with Gasteiger partial charge >= 0.3 is 0 Å². The maximum atomic E-state index is 10.4. The van der Waals surface area contributed by atoms with Gasteiger partial charge in [-0.25, -0.2) is 0 Å². The molecule has 132 valence electrons. The minimum Gasteiger partial charge on any atom is -0.393 e. The highest BCUT2D eigenvalue weighted by Crippen LogP contribution is 2.55. The van der Waals surface area contributed by atoms with Crippen LogP contribution in [0, 0.1) is 22.7 Å². The maximum Gasteiger partial charge on any atom is 0.0579 e. The molecular formula is C22H38O. The lowest BCUT2D eigenvalue weighted by molar-refractivity contribution is 0.00753. The molecule has 0 radical (unpaired) electrons. The third kappa shape index (κ3) is 3.76. The smallest absolute Gasteiger partial charge is 0.0579 e. The van der Waals surface area contributed by atoms with Crippen LogP contribution in [-0.2, 0) is 0 Å². The first-order chi connectivity index (χ1) is 10.9. The first kappa shape index (κ1) is 18.8. The molecule has 4 atom stereocenters. The molecule has 0 spiro atoms. The normalized spacial score (nSPS) is 32.9. The molecule has 2 aliphatic carbocycles. The highest BCUT2D eigenvalue weighted by molar-refractivity contribution is 5.27. The van der Waals surface area contributed by atoms with Crippen LogP contribution in [0.1, 0.15) is 86.0 Å². The van der Waals surface area contributed by atoms with Gasteiger partial charge in [-0.15, -0.1) is 0 Å². The predicted octanol–water partition coefficient (Wildman–Crippen LogP) is 6.28. The Morgan fingerprint density at radius 2 is 2.04 bits per heavy atom. The lowest BCUT2D eigenvalue weighted by Gasteiger charge is -2.44. The largest absolute Gasteiger partial charge is 0.393 e. The molecule has 1 nitrogen and oxygen atoms in total. The third-order valence-electron chi connectivity index (χ3n) is 7.22. The molecule has 1 fully saturated rings. The van der Waals surface area contributed by atoms with E-state index < -0.39 is 0 Å². The molecule has 0 aromatic heterocycles. The van der Waals surface area contributed by atoms with Crippen LogP contribution in [0.5, 0.6) is 0 Å². The minimum atomic E-state index is -0.0842. The summed E-state index contributed by atoms with van der Waals surface area (Å²) in [6.07, 6.45) is 16.6. The van der Waals surface area contributed by atoms with Crippen molar-refractivity contribution >= 4 is 0 Å². The van der Waals surface area contributed by atoms with Crippen LogP contribution < -0.4 is 0 Å². The van der Waals surface area contributed by atoms with E-state index in [-0.39, 0.29) is 11.5 Å². The second-order valence-electron chi connectivity index (χ2n) is 8.48. The Bertz CT molecular complexity index is 443. The lowest BCUT2D eigenvalue weighted by atomic mass is 9.62. The Kier molecular flexibility index (Phi) is 6.16. The van der Waals surface area contributed by atoms with Crippen molar-refractivity contribution in [2.75, 3.05) is 0 Å². The van der Waals surface area contributed by atoms with Crippen molar-refractivity contribution in [1.29, 1.82) is 0 Å². The average Bonchev–Trinajstić information content (AvgIpc) is 2.90. The van der Waals surface area contributed by atoms with Crippen molar-refractivity contribution in [3.63, 3.8) is 0 Å². The molecule has 0 bridgehead atoms. The molecule has 1 heteroatoms. The zero-order valence-corrected chi connectivity index (χ0v) is 16.1. The number of rotatable bonds is 7. The highest BCUT2D eigenvalue weighted by Gasteiger charge is 2.47. The van der Waals surface area contributed by atoms with E-state index in [1.165, 1.54) is 32.1 Å². The minimum absolute atomic E-state index is 0.0842. The fraction of sp³-hybridized carbons (Fsp3) is 0.818. The van der Waals surface area contributed by atoms with Gasteiger partial charge in [0.1, 0.15) is 0 Å². The number of hydrogen-bond acceptors (Lipinski definition) is 1. The molecule has 1 saturated carbocycles. The summed E-state index contributed by atoms with van der Waals surface area (Å²) in [6.45, 7) is 11.7. The Balaban J connectivity index is 2.08. The van der Waals surface area contributed by atoms with Crippen LogP contribution >= 0.6 is 0 Å². The fourth-order valence-corrected chi connectivity index (χ4v) is 4.90. The van der Waals surface area contributed by atoms with Gasteiger partial charge in [0.2, 0.25) is 0 Å². The van der Waals surface area contributed by atoms with Gasteiger partial charge in [-0.05, 0) is 74.0 Å². The van der Waals surface area contributed by atoms with E-state index in [9.17, 15) is 5.11 Å². The first-order valence-corrected chi connectivity index (χ1v) is 9.96. The summed E-state index contributed by atoms with van der Waals surface area (Å²) in [7, 11) is 0. The van der Waals surface area contributed by atoms with E-state index in [2.05, 4.69) is 52.8 Å². The number of allylic oxidation sites excluding steroid dienone is 4. The number of fused-ring (bicyclic) bond motifs is 1. The van der Waals surface area contributed by atoms with Gasteiger partial charge in [-0.3, -0.25) is 0 Å². The Hall–Kier alpha value is -0.560. The molecule has 2 aliphatic rings. The summed E-state index contributed by atoms with van der Waals surface area (Å²) in [5, 5.41) is 10.4. The molecule has 0 heterocycles. The molecule has 0 unspecified atom stereocenters. The second-order valence-corrected chi connectivity index (χ2v) is 8.48. The van der Waals surface area contributed by atoms with Gasteiger partial charge in [-0.2, -0.15) is 0 Å². The summed E-state index contributed by atoms with van der Waals surface area (Å²) >= 11 is 0. The quantitative estimate of drug-likeness (QED) is 0.547. The standard InChI is InChI=1S/C22H38O/c1-6-17(11-9-15-21(4,7-2)8-3)18-13-14-19-20(23)12-10-16-22(18,19)5/h9,13,15,17,19-20,23H,6-8,10-12,14,16H2,1-5H3/b15-9+/t17-,19-,20-,22+/m0/s1. The zero-order valence-electron chi connectivity index (χ0n) is 16.1. The molecule has 23 heavy (non-hydrogen) atoms. The number of aliphatic hydroxyl groups excluding tert-OH is 1. The van der Waals surface area contributed by atoms with Gasteiger partial charge in [0.25, 0.3) is 0 Å². The van der Waals surface area contributed by atoms with Gasteiger partial charge in [0.05, 0.1) is 6.10 Å². The van der Waals surface area contributed by atoms with E-state index in [1.807, 2.05) is 0 Å². The maximum absolute atomic E-state index is 10.4. The summed E-state index contributed by atoms with van der Waals surface area (Å²) in [5.74, 6) is 1.13. The third-order valence-corrected chi connectivity index (χ3v) is 7.22. The van der Waals surface area contributed by atoms with E-state index in [0.717, 1.165) is 19.3 Å². The number of aliphatic hydroxyl groups is 1. The first-order valence-electron chi connectivity index (χ1n) is 9.96. The highest BCUT2D eigenvalue weighted by atomic mass is 16.3. The van der Waals surface area contributed by atoms with Gasteiger partial charge < -0.3 is 5.11 Å². The number of hydrogen-bond donors (Lipinski definition) is 1. The van der Waals surface area contributed by atoms with Crippen LogP contribution in [0.4, 0.5) is 0 Å². The zero-order chi connectivity index (χ0) is 17.1. The van der Waals surface area contributed by atoms with Crippen LogP contribution in [0.25, 0.3) is 0 Å². The van der Waals surface area contributed by atoms with Crippen molar-refractivity contribution in [1.82, 2.24) is 0 Å². The van der Waals surface area contributed by atoms with Crippen molar-refractivity contribution in [3.05, 3.63) is 23.8 Å². The van der Waals surface area contributed by atoms with Crippen LogP contribution in [-0.4, -0.2) is 11.2 Å². The molecule has 1 N–H and O–H groups in total. The fourth-order valence-electron chi connectivity index (χ4n) is 4.90. The van der Waals surface area contributed by atoms with Crippen molar-refractivity contribution < 1.29 is 5.11 Å². The van der Waals surface area contributed by atoms with Gasteiger partial charge in [-0.1, -0.05) is 58.4 Å². The molecule has 0 aliphatic heterocycles. The van der Waals surface area contributed by atoms with E-state index in [1.54, 1.807) is 5.57 Å². The van der Waals surface area contributed by atoms with E-state index in [0.29, 0.717) is 17.3 Å². The van der Waals surface area contributed by atoms with Crippen LogP contribution in [0.3, 0.4) is 0 Å². The molecule has 2 rings (SSSR count). The molecular weight excluding hydrogens is 280 g/mol. The molecule has 0 amide bonds. The van der Waals surface area contributed by atoms with Crippen LogP contribution in [0.2, 0.25) is 0 Å². The van der Waals surface area contributed by atoms with Crippen molar-refractivity contribution in [2.45, 2.75) is 92.1 Å². The van der Waals surface area contributed by atoms with E-state index in [4.69, 9.17) is 0 Å². The summed E-state index contributed by atoms with van der Waals surface area (Å²) in [5.41, 5.74) is 2.27. The predicted molar refractivity (Wildman–Crippen MR) is 100 cm³/mol. The Morgan fingerprint density at radius 3 is 2.65 bits per heavy atom. The molecule has 0 aromatic rings. The topological polar surface area (TPSA) is 20.2 Å². The van der Waals surface area contributed by atoms with Crippen LogP contribution in [0.15, 0.2) is 23.8 Å². The molecule has 0 aromatic carbocycles. The lowest BCUT2D eigenvalue weighted by Crippen LogP contribution is -2.39. The second kappa shape index (κ2) is 7.55. The summed E-state index contributed by atoms with van der Waals surface area (Å²) in [6, 6.07) is 0. The average molecular weight is 319 g/mol. The van der Waals surface area contributed by atoms with Crippen molar-refractivity contribution in [2.24, 2.45) is 22.7 Å². The summed E-state index contributed by atoms with van der Waals surface area (Å²) in [4.78, 5) is 0. The van der Waals surface area contributed by atoms with Gasteiger partial charge in [0, 0.05) is 0 Å². The Morgan fingerprint density at radius 1 is 1.35 bits per heavy atom. The van der Waals surface area contributed by atoms with Gasteiger partial charge in [0.15, 0.2) is 0 Å². The monoisotopic (exact) mass is 318 g/mol. The summed E-state index contributed by atoms with van der Waals surface area (Å²) < 4.78 is 0. The Labute approximate surface area is 144 Å².